The molecule has 0 aliphatic carbocycles. The fourth-order valence-corrected chi connectivity index (χ4v) is 2.20. The summed E-state index contributed by atoms with van der Waals surface area (Å²) >= 11 is 5.70. The highest BCUT2D eigenvalue weighted by molar-refractivity contribution is 6.31. The number of halogens is 5. The van der Waals surface area contributed by atoms with E-state index < -0.39 is 24.4 Å². The molecule has 0 atom stereocenters. The monoisotopic (exact) mass is 375 g/mol. The van der Waals surface area contributed by atoms with Gasteiger partial charge in [-0.05, 0) is 42.8 Å². The standard InChI is InChI=1S/C16H14ClF4N3O/c1-8-4-14(24-9-2-3-12(18)11(17)5-9)10(6-13(8)22)15(25)23-7-16(19,20)21/h2-6,24H,7,22H2,1H3,(H,23,25). The van der Waals surface area contributed by atoms with Crippen molar-refractivity contribution in [2.24, 2.45) is 0 Å². The second kappa shape index (κ2) is 7.18. The fraction of sp³-hybridized carbons (Fsp3) is 0.188. The minimum absolute atomic E-state index is 0.0761. The Balaban J connectivity index is 2.34. The Bertz CT molecular complexity index is 809. The van der Waals surface area contributed by atoms with Crippen LogP contribution in [0.3, 0.4) is 0 Å². The van der Waals surface area contributed by atoms with Gasteiger partial charge in [-0.25, -0.2) is 4.39 Å². The molecule has 0 bridgehead atoms. The van der Waals surface area contributed by atoms with Crippen LogP contribution >= 0.6 is 11.6 Å². The number of carbonyl (C=O) groups excluding carboxylic acids is 1. The van der Waals surface area contributed by atoms with Gasteiger partial charge in [0.25, 0.3) is 5.91 Å². The summed E-state index contributed by atoms with van der Waals surface area (Å²) in [4.78, 5) is 12.1. The van der Waals surface area contributed by atoms with E-state index in [4.69, 9.17) is 17.3 Å². The number of alkyl halides is 3. The van der Waals surface area contributed by atoms with Crippen molar-refractivity contribution in [3.63, 3.8) is 0 Å². The Kier molecular flexibility index (Phi) is 5.42. The first-order chi connectivity index (χ1) is 11.6. The number of hydrogen-bond donors (Lipinski definition) is 3. The van der Waals surface area contributed by atoms with E-state index in [0.29, 0.717) is 11.3 Å². The average molecular weight is 376 g/mol. The van der Waals surface area contributed by atoms with Crippen LogP contribution in [-0.2, 0) is 0 Å². The van der Waals surface area contributed by atoms with Crippen molar-refractivity contribution in [3.05, 3.63) is 52.3 Å². The van der Waals surface area contributed by atoms with Crippen molar-refractivity contribution in [2.75, 3.05) is 17.6 Å². The quantitative estimate of drug-likeness (QED) is 0.548. The number of benzene rings is 2. The maximum atomic E-state index is 13.2. The molecule has 0 radical (unpaired) electrons. The third kappa shape index (κ3) is 4.99. The molecule has 0 aromatic heterocycles. The van der Waals surface area contributed by atoms with Gasteiger partial charge in [-0.15, -0.1) is 0 Å². The van der Waals surface area contributed by atoms with Crippen LogP contribution in [0.5, 0.6) is 0 Å². The van der Waals surface area contributed by atoms with Gasteiger partial charge in [0, 0.05) is 11.4 Å². The number of carbonyl (C=O) groups is 1. The van der Waals surface area contributed by atoms with E-state index in [9.17, 15) is 22.4 Å². The first-order valence-electron chi connectivity index (χ1n) is 7.04. The second-order valence-corrected chi connectivity index (χ2v) is 5.71. The van der Waals surface area contributed by atoms with Crippen LogP contribution < -0.4 is 16.4 Å². The first-order valence-corrected chi connectivity index (χ1v) is 7.42. The molecule has 1 amide bonds. The van der Waals surface area contributed by atoms with Crippen LogP contribution in [0.1, 0.15) is 15.9 Å². The van der Waals surface area contributed by atoms with Gasteiger partial charge in [0.1, 0.15) is 12.4 Å². The summed E-state index contributed by atoms with van der Waals surface area (Å²) in [6, 6.07) is 6.58. The zero-order valence-corrected chi connectivity index (χ0v) is 13.7. The Morgan fingerprint density at radius 3 is 2.52 bits per heavy atom. The van der Waals surface area contributed by atoms with Gasteiger partial charge in [0.2, 0.25) is 0 Å². The molecule has 0 heterocycles. The van der Waals surface area contributed by atoms with E-state index in [2.05, 4.69) is 5.32 Å². The molecule has 2 aromatic rings. The Morgan fingerprint density at radius 1 is 1.24 bits per heavy atom. The van der Waals surface area contributed by atoms with Crippen molar-refractivity contribution >= 4 is 34.6 Å². The molecule has 2 rings (SSSR count). The van der Waals surface area contributed by atoms with Crippen LogP contribution in [0.2, 0.25) is 5.02 Å². The molecule has 0 fully saturated rings. The summed E-state index contributed by atoms with van der Waals surface area (Å²) < 4.78 is 50.1. The normalized spacial score (nSPS) is 11.3. The highest BCUT2D eigenvalue weighted by Gasteiger charge is 2.28. The van der Waals surface area contributed by atoms with E-state index in [1.165, 1.54) is 24.3 Å². The van der Waals surface area contributed by atoms with E-state index >= 15 is 0 Å². The Morgan fingerprint density at radius 2 is 1.92 bits per heavy atom. The summed E-state index contributed by atoms with van der Waals surface area (Å²) in [5.74, 6) is -1.57. The zero-order chi connectivity index (χ0) is 18.8. The highest BCUT2D eigenvalue weighted by Crippen LogP contribution is 2.28. The van der Waals surface area contributed by atoms with Gasteiger partial charge in [-0.1, -0.05) is 11.6 Å². The molecule has 0 unspecified atom stereocenters. The smallest absolute Gasteiger partial charge is 0.398 e. The van der Waals surface area contributed by atoms with E-state index in [0.717, 1.165) is 6.07 Å². The Hall–Kier alpha value is -2.48. The molecule has 0 saturated carbocycles. The maximum absolute atomic E-state index is 13.2. The summed E-state index contributed by atoms with van der Waals surface area (Å²) in [7, 11) is 0. The maximum Gasteiger partial charge on any atom is 0.405 e. The minimum atomic E-state index is -4.54. The van der Waals surface area contributed by atoms with Gasteiger partial charge in [-0.3, -0.25) is 4.79 Å². The first kappa shape index (κ1) is 18.9. The van der Waals surface area contributed by atoms with Gasteiger partial charge < -0.3 is 16.4 Å². The number of nitrogens with two attached hydrogens (primary N) is 1. The predicted molar refractivity (Wildman–Crippen MR) is 88.7 cm³/mol. The lowest BCUT2D eigenvalue weighted by Crippen LogP contribution is -2.34. The van der Waals surface area contributed by atoms with E-state index in [1.54, 1.807) is 12.2 Å². The molecule has 0 aliphatic rings. The van der Waals surface area contributed by atoms with Crippen molar-refractivity contribution in [2.45, 2.75) is 13.1 Å². The van der Waals surface area contributed by atoms with Crippen LogP contribution in [0.4, 0.5) is 34.6 Å². The highest BCUT2D eigenvalue weighted by atomic mass is 35.5. The molecule has 4 nitrogen and oxygen atoms in total. The van der Waals surface area contributed by atoms with Crippen LogP contribution in [0.25, 0.3) is 0 Å². The molecule has 9 heteroatoms. The Labute approximate surface area is 146 Å². The number of hydrogen-bond acceptors (Lipinski definition) is 3. The molecule has 2 aromatic carbocycles. The summed E-state index contributed by atoms with van der Waals surface area (Å²) in [5, 5.41) is 4.49. The summed E-state index contributed by atoms with van der Waals surface area (Å²) in [6.45, 7) is 0.205. The number of rotatable bonds is 4. The van der Waals surface area contributed by atoms with Crippen molar-refractivity contribution in [1.29, 1.82) is 0 Å². The lowest BCUT2D eigenvalue weighted by molar-refractivity contribution is -0.123. The zero-order valence-electron chi connectivity index (χ0n) is 13.0. The number of nitrogen functional groups attached to an aromatic ring is 1. The lowest BCUT2D eigenvalue weighted by Gasteiger charge is -2.16. The van der Waals surface area contributed by atoms with Crippen molar-refractivity contribution in [1.82, 2.24) is 5.32 Å². The minimum Gasteiger partial charge on any atom is -0.398 e. The van der Waals surface area contributed by atoms with E-state index in [1.807, 2.05) is 0 Å². The molecule has 0 saturated heterocycles. The number of amides is 1. The predicted octanol–water partition coefficient (Wildman–Crippen LogP) is 4.41. The number of aryl methyl sites for hydroxylation is 1. The molecular formula is C16H14ClF4N3O. The lowest BCUT2D eigenvalue weighted by atomic mass is 10.1. The largest absolute Gasteiger partial charge is 0.405 e. The SMILES string of the molecule is Cc1cc(Nc2ccc(F)c(Cl)c2)c(C(=O)NCC(F)(F)F)cc1N. The van der Waals surface area contributed by atoms with Crippen molar-refractivity contribution in [3.8, 4) is 0 Å². The van der Waals surface area contributed by atoms with E-state index in [-0.39, 0.29) is 22.0 Å². The summed E-state index contributed by atoms with van der Waals surface area (Å²) in [6.07, 6.45) is -4.54. The fourth-order valence-electron chi connectivity index (χ4n) is 2.02. The second-order valence-electron chi connectivity index (χ2n) is 5.31. The number of anilines is 3. The van der Waals surface area contributed by atoms with Gasteiger partial charge >= 0.3 is 6.18 Å². The molecule has 25 heavy (non-hydrogen) atoms. The molecule has 0 spiro atoms. The van der Waals surface area contributed by atoms with Gasteiger partial charge in [0.15, 0.2) is 0 Å². The molecule has 134 valence electrons. The van der Waals surface area contributed by atoms with Crippen molar-refractivity contribution < 1.29 is 22.4 Å². The molecule has 0 aliphatic heterocycles. The summed E-state index contributed by atoms with van der Waals surface area (Å²) in [5.41, 5.74) is 7.11. The van der Waals surface area contributed by atoms with Gasteiger partial charge in [-0.2, -0.15) is 13.2 Å². The molecular weight excluding hydrogens is 362 g/mol. The number of nitrogens with one attached hydrogen (secondary N) is 2. The third-order valence-electron chi connectivity index (χ3n) is 3.30. The van der Waals surface area contributed by atoms with Crippen LogP contribution in [0, 0.1) is 12.7 Å². The van der Waals surface area contributed by atoms with Crippen LogP contribution in [0.15, 0.2) is 30.3 Å². The third-order valence-corrected chi connectivity index (χ3v) is 3.59. The van der Waals surface area contributed by atoms with Crippen LogP contribution in [-0.4, -0.2) is 18.6 Å². The average Bonchev–Trinajstić information content (AvgIpc) is 2.51. The topological polar surface area (TPSA) is 67.2 Å². The van der Waals surface area contributed by atoms with Gasteiger partial charge in [0.05, 0.1) is 16.3 Å². The molecule has 4 N–H and O–H groups in total.